The van der Waals surface area contributed by atoms with Gasteiger partial charge in [-0.05, 0) is 37.6 Å². The third-order valence-electron chi connectivity index (χ3n) is 4.17. The zero-order valence-corrected chi connectivity index (χ0v) is 17.3. The molecule has 0 bridgehead atoms. The van der Waals surface area contributed by atoms with Gasteiger partial charge in [-0.25, -0.2) is 13.2 Å². The van der Waals surface area contributed by atoms with E-state index in [1.807, 2.05) is 0 Å². The minimum atomic E-state index is -4.42. The summed E-state index contributed by atoms with van der Waals surface area (Å²) in [4.78, 5) is 34.1. The maximum Gasteiger partial charge on any atom is 0.338 e. The second-order valence-electron chi connectivity index (χ2n) is 6.01. The highest BCUT2D eigenvalue weighted by molar-refractivity contribution is 7.92. The number of anilines is 1. The molecular formula is C19H20N2O8S. The molecule has 0 aliphatic heterocycles. The van der Waals surface area contributed by atoms with Gasteiger partial charge in [-0.15, -0.1) is 0 Å². The average molecular weight is 436 g/mol. The van der Waals surface area contributed by atoms with E-state index in [2.05, 4.69) is 0 Å². The molecule has 0 unspecified atom stereocenters. The Labute approximate surface area is 173 Å². The van der Waals surface area contributed by atoms with Crippen molar-refractivity contribution in [3.05, 3.63) is 63.7 Å². The van der Waals surface area contributed by atoms with E-state index in [9.17, 15) is 28.1 Å². The van der Waals surface area contributed by atoms with Crippen LogP contribution < -0.4 is 4.31 Å². The minimum Gasteiger partial charge on any atom is -0.465 e. The van der Waals surface area contributed by atoms with Crippen molar-refractivity contribution in [1.29, 1.82) is 0 Å². The lowest BCUT2D eigenvalue weighted by Crippen LogP contribution is -2.37. The van der Waals surface area contributed by atoms with Gasteiger partial charge in [0.05, 0.1) is 34.8 Å². The Balaban J connectivity index is 2.67. The van der Waals surface area contributed by atoms with Gasteiger partial charge in [0, 0.05) is 12.1 Å². The smallest absolute Gasteiger partial charge is 0.338 e. The molecular weight excluding hydrogens is 416 g/mol. The van der Waals surface area contributed by atoms with Crippen LogP contribution in [0.3, 0.4) is 0 Å². The number of ether oxygens (including phenoxy) is 2. The standard InChI is InChI=1S/C19H20N2O8S/c1-4-29-18(22)12-20(17-10-6-9-16(13(17)2)19(23)28-3)30(26,27)15-8-5-7-14(11-15)21(24)25/h5-11H,4,12H2,1-3H3. The number of carbonyl (C=O) groups excluding carboxylic acids is 2. The van der Waals surface area contributed by atoms with Crippen LogP contribution in [0.15, 0.2) is 47.4 Å². The normalized spacial score (nSPS) is 10.9. The predicted molar refractivity (Wildman–Crippen MR) is 107 cm³/mol. The summed E-state index contributed by atoms with van der Waals surface area (Å²) in [5.74, 6) is -1.51. The first-order valence-electron chi connectivity index (χ1n) is 8.74. The second-order valence-corrected chi connectivity index (χ2v) is 7.87. The number of methoxy groups -OCH3 is 1. The van der Waals surface area contributed by atoms with Crippen LogP contribution in [-0.4, -0.2) is 45.5 Å². The molecule has 160 valence electrons. The van der Waals surface area contributed by atoms with Crippen molar-refractivity contribution in [3.63, 3.8) is 0 Å². The topological polar surface area (TPSA) is 133 Å². The van der Waals surface area contributed by atoms with Crippen molar-refractivity contribution in [1.82, 2.24) is 0 Å². The molecule has 2 aromatic carbocycles. The summed E-state index contributed by atoms with van der Waals surface area (Å²) in [7, 11) is -3.23. The monoisotopic (exact) mass is 436 g/mol. The second kappa shape index (κ2) is 9.35. The molecule has 30 heavy (non-hydrogen) atoms. The van der Waals surface area contributed by atoms with Crippen molar-refractivity contribution >= 4 is 33.3 Å². The Kier molecular flexibility index (Phi) is 7.11. The van der Waals surface area contributed by atoms with Gasteiger partial charge in [-0.2, -0.15) is 0 Å². The van der Waals surface area contributed by atoms with Crippen molar-refractivity contribution in [2.75, 3.05) is 24.6 Å². The molecule has 0 heterocycles. The number of hydrogen-bond donors (Lipinski definition) is 0. The SMILES string of the molecule is CCOC(=O)CN(c1cccc(C(=O)OC)c1C)S(=O)(=O)c1cccc([N+](=O)[O-])c1. The van der Waals surface area contributed by atoms with Crippen molar-refractivity contribution in [3.8, 4) is 0 Å². The van der Waals surface area contributed by atoms with E-state index in [4.69, 9.17) is 9.47 Å². The first-order valence-corrected chi connectivity index (χ1v) is 10.2. The number of esters is 2. The van der Waals surface area contributed by atoms with Crippen LogP contribution in [0.25, 0.3) is 0 Å². The maximum atomic E-state index is 13.3. The van der Waals surface area contributed by atoms with Gasteiger partial charge in [0.25, 0.3) is 15.7 Å². The van der Waals surface area contributed by atoms with Crippen LogP contribution in [0.2, 0.25) is 0 Å². The fourth-order valence-electron chi connectivity index (χ4n) is 2.73. The summed E-state index contributed by atoms with van der Waals surface area (Å²) in [6, 6.07) is 8.76. The van der Waals surface area contributed by atoms with Crippen molar-refractivity contribution < 1.29 is 32.4 Å². The van der Waals surface area contributed by atoms with Gasteiger partial charge in [0.2, 0.25) is 0 Å². The highest BCUT2D eigenvalue weighted by atomic mass is 32.2. The largest absolute Gasteiger partial charge is 0.465 e. The van der Waals surface area contributed by atoms with Gasteiger partial charge in [0.15, 0.2) is 0 Å². The first kappa shape index (κ1) is 22.8. The average Bonchev–Trinajstić information content (AvgIpc) is 2.72. The Bertz CT molecular complexity index is 1080. The summed E-state index contributed by atoms with van der Waals surface area (Å²) in [6.45, 7) is 2.41. The number of rotatable bonds is 8. The molecule has 0 radical (unpaired) electrons. The Hall–Kier alpha value is -3.47. The molecule has 2 aromatic rings. The van der Waals surface area contributed by atoms with E-state index in [0.29, 0.717) is 0 Å². The Morgan fingerprint density at radius 2 is 1.83 bits per heavy atom. The van der Waals surface area contributed by atoms with Crippen LogP contribution in [-0.2, 0) is 24.3 Å². The van der Waals surface area contributed by atoms with E-state index < -0.39 is 39.1 Å². The van der Waals surface area contributed by atoms with Crippen LogP contribution in [0, 0.1) is 17.0 Å². The fourth-order valence-corrected chi connectivity index (χ4v) is 4.24. The first-order chi connectivity index (χ1) is 14.1. The zero-order valence-electron chi connectivity index (χ0n) is 16.5. The molecule has 10 nitrogen and oxygen atoms in total. The summed E-state index contributed by atoms with van der Waals surface area (Å²) in [5, 5.41) is 11.1. The number of sulfonamides is 1. The molecule has 2 rings (SSSR count). The molecule has 0 aliphatic rings. The number of nitro benzene ring substituents is 1. The minimum absolute atomic E-state index is 0.0325. The van der Waals surface area contributed by atoms with Crippen molar-refractivity contribution in [2.24, 2.45) is 0 Å². The van der Waals surface area contributed by atoms with Gasteiger partial charge < -0.3 is 9.47 Å². The van der Waals surface area contributed by atoms with Crippen molar-refractivity contribution in [2.45, 2.75) is 18.7 Å². The lowest BCUT2D eigenvalue weighted by Gasteiger charge is -2.25. The van der Waals surface area contributed by atoms with E-state index >= 15 is 0 Å². The maximum absolute atomic E-state index is 13.3. The van der Waals surface area contributed by atoms with Gasteiger partial charge in [-0.1, -0.05) is 12.1 Å². The number of hydrogen-bond acceptors (Lipinski definition) is 8. The van der Waals surface area contributed by atoms with E-state index in [1.165, 1.54) is 44.4 Å². The molecule has 0 fully saturated rings. The molecule has 0 N–H and O–H groups in total. The molecule has 11 heteroatoms. The summed E-state index contributed by atoms with van der Waals surface area (Å²) in [6.07, 6.45) is 0. The highest BCUT2D eigenvalue weighted by Crippen LogP contribution is 2.30. The van der Waals surface area contributed by atoms with E-state index in [0.717, 1.165) is 16.4 Å². The third-order valence-corrected chi connectivity index (χ3v) is 5.93. The molecule has 0 aliphatic carbocycles. The van der Waals surface area contributed by atoms with Crippen LogP contribution in [0.5, 0.6) is 0 Å². The summed E-state index contributed by atoms with van der Waals surface area (Å²) < 4.78 is 37.0. The highest BCUT2D eigenvalue weighted by Gasteiger charge is 2.31. The Morgan fingerprint density at radius 3 is 2.43 bits per heavy atom. The molecule has 0 aromatic heterocycles. The molecule has 0 amide bonds. The lowest BCUT2D eigenvalue weighted by molar-refractivity contribution is -0.385. The lowest BCUT2D eigenvalue weighted by atomic mass is 10.1. The fraction of sp³-hybridized carbons (Fsp3) is 0.263. The van der Waals surface area contributed by atoms with Crippen LogP contribution in [0.1, 0.15) is 22.8 Å². The Morgan fingerprint density at radius 1 is 1.17 bits per heavy atom. The van der Waals surface area contributed by atoms with Gasteiger partial charge in [-0.3, -0.25) is 19.2 Å². The molecule has 0 spiro atoms. The number of nitro groups is 1. The van der Waals surface area contributed by atoms with Crippen LogP contribution >= 0.6 is 0 Å². The van der Waals surface area contributed by atoms with Crippen LogP contribution in [0.4, 0.5) is 11.4 Å². The molecule has 0 saturated carbocycles. The number of nitrogens with zero attached hydrogens (tertiary/aromatic N) is 2. The zero-order chi connectivity index (χ0) is 22.5. The number of non-ortho nitro benzene ring substituents is 1. The summed E-state index contributed by atoms with van der Waals surface area (Å²) in [5.41, 5.74) is -0.0228. The quantitative estimate of drug-likeness (QED) is 0.350. The van der Waals surface area contributed by atoms with E-state index in [-0.39, 0.29) is 28.3 Å². The predicted octanol–water partition coefficient (Wildman–Crippen LogP) is 2.45. The van der Waals surface area contributed by atoms with Gasteiger partial charge in [0.1, 0.15) is 6.54 Å². The molecule has 0 saturated heterocycles. The summed E-state index contributed by atoms with van der Waals surface area (Å²) >= 11 is 0. The van der Waals surface area contributed by atoms with Gasteiger partial charge >= 0.3 is 11.9 Å². The van der Waals surface area contributed by atoms with E-state index in [1.54, 1.807) is 6.92 Å². The number of carbonyl (C=O) groups is 2. The third kappa shape index (κ3) is 4.74. The molecule has 0 atom stereocenters. The number of benzene rings is 2.